The molecule has 0 aromatic heterocycles. The largest absolute Gasteiger partial charge is 0.369 e. The highest BCUT2D eigenvalue weighted by Crippen LogP contribution is 2.33. The van der Waals surface area contributed by atoms with E-state index >= 15 is 0 Å². The van der Waals surface area contributed by atoms with Crippen LogP contribution in [0.3, 0.4) is 0 Å². The minimum Gasteiger partial charge on any atom is -0.369 e. The summed E-state index contributed by atoms with van der Waals surface area (Å²) in [7, 11) is 0. The number of aliphatic imine (C=N–C) groups is 1. The third-order valence-electron chi connectivity index (χ3n) is 3.30. The molecular weight excluding hydrogens is 382 g/mol. The fourth-order valence-corrected chi connectivity index (χ4v) is 3.21. The molecule has 20 heavy (non-hydrogen) atoms. The second kappa shape index (κ2) is 5.58. The molecule has 2 N–H and O–H groups in total. The minimum absolute atomic E-state index is 0.141. The van der Waals surface area contributed by atoms with Gasteiger partial charge >= 0.3 is 0 Å². The molecule has 0 radical (unpaired) electrons. The van der Waals surface area contributed by atoms with Gasteiger partial charge in [0, 0.05) is 14.6 Å². The molecule has 1 aliphatic rings. The Kier molecular flexibility index (Phi) is 3.81. The number of guanidine groups is 1. The first-order chi connectivity index (χ1) is 9.65. The monoisotopic (exact) mass is 393 g/mol. The minimum atomic E-state index is 0.141. The predicted molar refractivity (Wildman–Crippen MR) is 90.0 cm³/mol. The van der Waals surface area contributed by atoms with Crippen molar-refractivity contribution in [1.29, 1.82) is 0 Å². The van der Waals surface area contributed by atoms with Crippen molar-refractivity contribution in [3.63, 3.8) is 0 Å². The van der Waals surface area contributed by atoms with Crippen LogP contribution in [0.4, 0.5) is 5.69 Å². The maximum atomic E-state index is 6.08. The first-order valence-corrected chi connectivity index (χ1v) is 7.84. The fraction of sp³-hybridized carbons (Fsp3) is 0.133. The molecule has 0 fully saturated rings. The van der Waals surface area contributed by atoms with Crippen LogP contribution in [0.5, 0.6) is 0 Å². The van der Waals surface area contributed by atoms with Crippen molar-refractivity contribution >= 4 is 43.5 Å². The lowest BCUT2D eigenvalue weighted by Gasteiger charge is -2.27. The van der Waals surface area contributed by atoms with Crippen molar-refractivity contribution in [2.45, 2.75) is 6.04 Å². The summed E-state index contributed by atoms with van der Waals surface area (Å²) < 4.78 is 2.09. The Morgan fingerprint density at radius 3 is 2.45 bits per heavy atom. The summed E-state index contributed by atoms with van der Waals surface area (Å²) in [6.45, 7) is 0.675. The van der Waals surface area contributed by atoms with E-state index in [1.54, 1.807) is 0 Å². The molecule has 0 spiro atoms. The third-order valence-corrected chi connectivity index (χ3v) is 4.29. The molecule has 1 heterocycles. The van der Waals surface area contributed by atoms with Crippen molar-refractivity contribution in [1.82, 2.24) is 0 Å². The zero-order valence-electron chi connectivity index (χ0n) is 10.6. The highest BCUT2D eigenvalue weighted by atomic mass is 79.9. The quantitative estimate of drug-likeness (QED) is 0.833. The van der Waals surface area contributed by atoms with Gasteiger partial charge in [0.05, 0.1) is 12.6 Å². The molecular formula is C15H13Br2N3. The Bertz CT molecular complexity index is 670. The molecule has 1 unspecified atom stereocenters. The zero-order chi connectivity index (χ0) is 14.1. The summed E-state index contributed by atoms with van der Waals surface area (Å²) in [5.41, 5.74) is 8.32. The molecule has 0 saturated heterocycles. The standard InChI is InChI=1S/C15H13Br2N3/c16-11-4-1-3-10(7-11)14-9-19-15(18)20(14)13-6-2-5-12(17)8-13/h1-8,14H,9H2,(H2,18,19). The molecule has 2 aromatic rings. The summed E-state index contributed by atoms with van der Waals surface area (Å²) >= 11 is 7.02. The van der Waals surface area contributed by atoms with E-state index in [0.717, 1.165) is 14.6 Å². The SMILES string of the molecule is NC1=NCC(c2cccc(Br)c2)N1c1cccc(Br)c1. The highest BCUT2D eigenvalue weighted by Gasteiger charge is 2.28. The van der Waals surface area contributed by atoms with Gasteiger partial charge in [-0.3, -0.25) is 4.99 Å². The first-order valence-electron chi connectivity index (χ1n) is 6.25. The lowest BCUT2D eigenvalue weighted by molar-refractivity contribution is 0.768. The number of rotatable bonds is 2. The Labute approximate surface area is 134 Å². The van der Waals surface area contributed by atoms with Gasteiger partial charge in [0.2, 0.25) is 0 Å². The third kappa shape index (κ3) is 2.60. The molecule has 0 aliphatic carbocycles. The van der Waals surface area contributed by atoms with Gasteiger partial charge in [-0.15, -0.1) is 0 Å². The second-order valence-electron chi connectivity index (χ2n) is 4.62. The van der Waals surface area contributed by atoms with Gasteiger partial charge in [-0.05, 0) is 35.9 Å². The van der Waals surface area contributed by atoms with E-state index in [-0.39, 0.29) is 6.04 Å². The van der Waals surface area contributed by atoms with Crippen LogP contribution < -0.4 is 10.6 Å². The fourth-order valence-electron chi connectivity index (χ4n) is 2.40. The van der Waals surface area contributed by atoms with Gasteiger partial charge in [0.25, 0.3) is 0 Å². The smallest absolute Gasteiger partial charge is 0.196 e. The topological polar surface area (TPSA) is 41.6 Å². The molecule has 3 rings (SSSR count). The van der Waals surface area contributed by atoms with Crippen LogP contribution in [0.1, 0.15) is 11.6 Å². The number of nitrogens with two attached hydrogens (primary N) is 1. The van der Waals surface area contributed by atoms with Crippen molar-refractivity contribution < 1.29 is 0 Å². The van der Waals surface area contributed by atoms with Gasteiger partial charge in [0.15, 0.2) is 5.96 Å². The predicted octanol–water partition coefficient (Wildman–Crippen LogP) is 4.09. The summed E-state index contributed by atoms with van der Waals surface area (Å²) in [6.07, 6.45) is 0. The van der Waals surface area contributed by atoms with Crippen LogP contribution in [0, 0.1) is 0 Å². The summed E-state index contributed by atoms with van der Waals surface area (Å²) in [5, 5.41) is 0. The summed E-state index contributed by atoms with van der Waals surface area (Å²) in [5.74, 6) is 0.563. The number of halogens is 2. The lowest BCUT2D eigenvalue weighted by atomic mass is 10.1. The zero-order valence-corrected chi connectivity index (χ0v) is 13.8. The summed E-state index contributed by atoms with van der Waals surface area (Å²) in [6, 6.07) is 16.5. The van der Waals surface area contributed by atoms with Crippen LogP contribution in [-0.4, -0.2) is 12.5 Å². The molecule has 0 bridgehead atoms. The molecule has 5 heteroatoms. The van der Waals surface area contributed by atoms with Gasteiger partial charge in [-0.1, -0.05) is 50.1 Å². The number of hydrogen-bond donors (Lipinski definition) is 1. The van der Waals surface area contributed by atoms with Crippen LogP contribution in [0.15, 0.2) is 62.5 Å². The van der Waals surface area contributed by atoms with Crippen molar-refractivity contribution in [2.75, 3.05) is 11.4 Å². The highest BCUT2D eigenvalue weighted by molar-refractivity contribution is 9.10. The second-order valence-corrected chi connectivity index (χ2v) is 6.45. The van der Waals surface area contributed by atoms with Gasteiger partial charge in [-0.2, -0.15) is 0 Å². The number of anilines is 1. The molecule has 102 valence electrons. The average Bonchev–Trinajstić information content (AvgIpc) is 2.80. The Balaban J connectivity index is 2.00. The van der Waals surface area contributed by atoms with Crippen LogP contribution in [0.2, 0.25) is 0 Å². The van der Waals surface area contributed by atoms with E-state index in [9.17, 15) is 0 Å². The van der Waals surface area contributed by atoms with E-state index in [4.69, 9.17) is 5.73 Å². The molecule has 1 aliphatic heterocycles. The average molecular weight is 395 g/mol. The maximum absolute atomic E-state index is 6.08. The Morgan fingerprint density at radius 1 is 1.05 bits per heavy atom. The van der Waals surface area contributed by atoms with Crippen molar-refractivity contribution in [3.8, 4) is 0 Å². The molecule has 1 atom stereocenters. The Morgan fingerprint density at radius 2 is 1.75 bits per heavy atom. The maximum Gasteiger partial charge on any atom is 0.196 e. The molecule has 0 amide bonds. The van der Waals surface area contributed by atoms with E-state index < -0.39 is 0 Å². The van der Waals surface area contributed by atoms with Gasteiger partial charge in [0.1, 0.15) is 0 Å². The number of hydrogen-bond acceptors (Lipinski definition) is 3. The van der Waals surface area contributed by atoms with Crippen LogP contribution >= 0.6 is 31.9 Å². The number of nitrogens with zero attached hydrogens (tertiary/aromatic N) is 2. The van der Waals surface area contributed by atoms with Crippen molar-refractivity contribution in [2.24, 2.45) is 10.7 Å². The lowest BCUT2D eigenvalue weighted by Crippen LogP contribution is -2.36. The first kappa shape index (κ1) is 13.6. The van der Waals surface area contributed by atoms with E-state index in [0.29, 0.717) is 12.5 Å². The van der Waals surface area contributed by atoms with Crippen molar-refractivity contribution in [3.05, 3.63) is 63.0 Å². The van der Waals surface area contributed by atoms with E-state index in [1.165, 1.54) is 5.56 Å². The summed E-state index contributed by atoms with van der Waals surface area (Å²) in [4.78, 5) is 6.48. The normalized spacial score (nSPS) is 18.2. The van der Waals surface area contributed by atoms with Crippen LogP contribution in [-0.2, 0) is 0 Å². The van der Waals surface area contributed by atoms with Crippen LogP contribution in [0.25, 0.3) is 0 Å². The molecule has 0 saturated carbocycles. The number of benzene rings is 2. The van der Waals surface area contributed by atoms with E-state index in [2.05, 4.69) is 60.0 Å². The van der Waals surface area contributed by atoms with E-state index in [1.807, 2.05) is 30.3 Å². The van der Waals surface area contributed by atoms with Gasteiger partial charge in [-0.25, -0.2) is 0 Å². The Hall–Kier alpha value is -1.33. The molecule has 2 aromatic carbocycles. The van der Waals surface area contributed by atoms with Gasteiger partial charge < -0.3 is 10.6 Å². The molecule has 3 nitrogen and oxygen atoms in total.